The monoisotopic (exact) mass is 427 g/mol. The number of morpholine rings is 1. The van der Waals surface area contributed by atoms with Gasteiger partial charge in [0.15, 0.2) is 0 Å². The molecule has 2 aromatic carbocycles. The molecule has 1 aliphatic rings. The topological polar surface area (TPSA) is 51.9 Å². The highest BCUT2D eigenvalue weighted by molar-refractivity contribution is 6.30. The smallest absolute Gasteiger partial charge is 0.200 e. The van der Waals surface area contributed by atoms with E-state index in [0.717, 1.165) is 25.2 Å². The van der Waals surface area contributed by atoms with Gasteiger partial charge in [0.1, 0.15) is 23.7 Å². The summed E-state index contributed by atoms with van der Waals surface area (Å²) in [6, 6.07) is 12.6. The van der Waals surface area contributed by atoms with Crippen LogP contribution in [-0.4, -0.2) is 43.3 Å². The van der Waals surface area contributed by atoms with Gasteiger partial charge in [0.05, 0.1) is 23.2 Å². The lowest BCUT2D eigenvalue weighted by molar-refractivity contribution is -0.0699. The molecule has 3 aromatic rings. The predicted octanol–water partition coefficient (Wildman–Crippen LogP) is 4.91. The molecule has 4 rings (SSSR count). The molecule has 158 valence electrons. The molecule has 30 heavy (non-hydrogen) atoms. The summed E-state index contributed by atoms with van der Waals surface area (Å²) < 4.78 is 17.7. The van der Waals surface area contributed by atoms with Gasteiger partial charge in [-0.25, -0.2) is 0 Å². The van der Waals surface area contributed by atoms with Gasteiger partial charge in [-0.15, -0.1) is 0 Å². The molecule has 0 aliphatic carbocycles. The van der Waals surface area contributed by atoms with Crippen LogP contribution in [0.4, 0.5) is 0 Å². The van der Waals surface area contributed by atoms with E-state index in [-0.39, 0.29) is 17.6 Å². The Labute approximate surface area is 181 Å². The molecule has 0 spiro atoms. The Hall–Kier alpha value is -2.34. The Morgan fingerprint density at radius 1 is 1.10 bits per heavy atom. The summed E-state index contributed by atoms with van der Waals surface area (Å²) in [5.74, 6) is 1.27. The predicted molar refractivity (Wildman–Crippen MR) is 120 cm³/mol. The molecule has 0 unspecified atom stereocenters. The molecule has 0 radical (unpaired) electrons. The van der Waals surface area contributed by atoms with Crippen LogP contribution in [0.25, 0.3) is 22.1 Å². The third-order valence-electron chi connectivity index (χ3n) is 5.34. The van der Waals surface area contributed by atoms with Crippen LogP contribution in [-0.2, 0) is 4.74 Å². The fraction of sp³-hybridized carbons (Fsp3) is 0.375. The minimum Gasteiger partial charge on any atom is -0.492 e. The van der Waals surface area contributed by atoms with Crippen molar-refractivity contribution in [2.45, 2.75) is 33.0 Å². The SMILES string of the molecule is Cc1oc2cc(OCCN3C[C@H](C)O[C@@H](C)C3)ccc2c(=O)c1-c1ccc(Cl)cc1. The van der Waals surface area contributed by atoms with E-state index in [1.54, 1.807) is 31.2 Å². The minimum atomic E-state index is -0.0566. The lowest BCUT2D eigenvalue weighted by Gasteiger charge is -2.35. The zero-order chi connectivity index (χ0) is 21.3. The van der Waals surface area contributed by atoms with E-state index in [1.165, 1.54) is 0 Å². The van der Waals surface area contributed by atoms with Gasteiger partial charge in [-0.2, -0.15) is 0 Å². The average Bonchev–Trinajstić information content (AvgIpc) is 2.68. The summed E-state index contributed by atoms with van der Waals surface area (Å²) in [6.45, 7) is 9.20. The Balaban J connectivity index is 1.51. The first-order chi connectivity index (χ1) is 14.4. The highest BCUT2D eigenvalue weighted by Crippen LogP contribution is 2.27. The Morgan fingerprint density at radius 3 is 2.50 bits per heavy atom. The third kappa shape index (κ3) is 4.53. The summed E-state index contributed by atoms with van der Waals surface area (Å²) in [4.78, 5) is 15.4. The van der Waals surface area contributed by atoms with Crippen LogP contribution >= 0.6 is 11.6 Å². The molecular weight excluding hydrogens is 402 g/mol. The fourth-order valence-electron chi connectivity index (χ4n) is 4.09. The van der Waals surface area contributed by atoms with E-state index < -0.39 is 0 Å². The fourth-order valence-corrected chi connectivity index (χ4v) is 4.21. The van der Waals surface area contributed by atoms with E-state index in [1.807, 2.05) is 18.2 Å². The van der Waals surface area contributed by atoms with Crippen molar-refractivity contribution in [3.63, 3.8) is 0 Å². The summed E-state index contributed by atoms with van der Waals surface area (Å²) in [5.41, 5.74) is 1.82. The molecule has 0 saturated carbocycles. The quantitative estimate of drug-likeness (QED) is 0.579. The van der Waals surface area contributed by atoms with Crippen LogP contribution in [0, 0.1) is 6.92 Å². The van der Waals surface area contributed by atoms with Crippen molar-refractivity contribution in [2.75, 3.05) is 26.2 Å². The highest BCUT2D eigenvalue weighted by atomic mass is 35.5. The Morgan fingerprint density at radius 2 is 1.80 bits per heavy atom. The molecule has 0 amide bonds. The van der Waals surface area contributed by atoms with E-state index >= 15 is 0 Å². The summed E-state index contributed by atoms with van der Waals surface area (Å²) in [6.07, 6.45) is 0.475. The largest absolute Gasteiger partial charge is 0.492 e. The normalized spacial score (nSPS) is 19.9. The zero-order valence-corrected chi connectivity index (χ0v) is 18.2. The van der Waals surface area contributed by atoms with E-state index in [9.17, 15) is 4.79 Å². The number of nitrogens with zero attached hydrogens (tertiary/aromatic N) is 1. The first kappa shape index (κ1) is 20.9. The number of fused-ring (bicyclic) bond motifs is 1. The van der Waals surface area contributed by atoms with Gasteiger partial charge in [-0.1, -0.05) is 23.7 Å². The van der Waals surface area contributed by atoms with Gasteiger partial charge >= 0.3 is 0 Å². The van der Waals surface area contributed by atoms with Gasteiger partial charge in [0.25, 0.3) is 0 Å². The van der Waals surface area contributed by atoms with Crippen molar-refractivity contribution >= 4 is 22.6 Å². The third-order valence-corrected chi connectivity index (χ3v) is 5.60. The molecule has 1 aliphatic heterocycles. The molecule has 5 nitrogen and oxygen atoms in total. The van der Waals surface area contributed by atoms with Gasteiger partial charge in [0.2, 0.25) is 5.43 Å². The zero-order valence-electron chi connectivity index (χ0n) is 17.5. The van der Waals surface area contributed by atoms with Crippen molar-refractivity contribution in [2.24, 2.45) is 0 Å². The van der Waals surface area contributed by atoms with Crippen molar-refractivity contribution < 1.29 is 13.9 Å². The molecule has 1 saturated heterocycles. The number of benzene rings is 2. The van der Waals surface area contributed by atoms with Crippen molar-refractivity contribution in [3.05, 3.63) is 63.5 Å². The van der Waals surface area contributed by atoms with Crippen LogP contribution in [0.2, 0.25) is 5.02 Å². The molecule has 1 fully saturated rings. The van der Waals surface area contributed by atoms with Crippen molar-refractivity contribution in [1.29, 1.82) is 0 Å². The number of hydrogen-bond donors (Lipinski definition) is 0. The van der Waals surface area contributed by atoms with Crippen LogP contribution in [0.15, 0.2) is 51.7 Å². The number of ether oxygens (including phenoxy) is 2. The Kier molecular flexibility index (Phi) is 6.14. The molecule has 6 heteroatoms. The van der Waals surface area contributed by atoms with Gasteiger partial charge < -0.3 is 13.9 Å². The van der Waals surface area contributed by atoms with E-state index in [4.69, 9.17) is 25.5 Å². The number of rotatable bonds is 5. The molecular formula is C24H26ClNO4. The molecule has 2 heterocycles. The maximum Gasteiger partial charge on any atom is 0.200 e. The van der Waals surface area contributed by atoms with Gasteiger partial charge in [-0.3, -0.25) is 9.69 Å². The van der Waals surface area contributed by atoms with Crippen LogP contribution in [0.3, 0.4) is 0 Å². The summed E-state index contributed by atoms with van der Waals surface area (Å²) in [5, 5.41) is 1.16. The Bertz CT molecular complexity index is 1080. The number of halogens is 1. The second kappa shape index (κ2) is 8.80. The lowest BCUT2D eigenvalue weighted by Crippen LogP contribution is -2.46. The average molecular weight is 428 g/mol. The van der Waals surface area contributed by atoms with Gasteiger partial charge in [-0.05, 0) is 50.6 Å². The van der Waals surface area contributed by atoms with Crippen molar-refractivity contribution in [1.82, 2.24) is 4.90 Å². The first-order valence-corrected chi connectivity index (χ1v) is 10.6. The maximum atomic E-state index is 13.1. The lowest BCUT2D eigenvalue weighted by atomic mass is 10.0. The minimum absolute atomic E-state index is 0.0566. The summed E-state index contributed by atoms with van der Waals surface area (Å²) in [7, 11) is 0. The number of hydrogen-bond acceptors (Lipinski definition) is 5. The first-order valence-electron chi connectivity index (χ1n) is 10.2. The van der Waals surface area contributed by atoms with Crippen LogP contribution in [0.1, 0.15) is 19.6 Å². The maximum absolute atomic E-state index is 13.1. The van der Waals surface area contributed by atoms with E-state index in [0.29, 0.717) is 39.7 Å². The highest BCUT2D eigenvalue weighted by Gasteiger charge is 2.21. The van der Waals surface area contributed by atoms with E-state index in [2.05, 4.69) is 18.7 Å². The van der Waals surface area contributed by atoms with Crippen LogP contribution < -0.4 is 10.2 Å². The standard InChI is InChI=1S/C24H26ClNO4/c1-15-13-26(14-16(2)29-15)10-11-28-20-8-9-21-22(12-20)30-17(3)23(24(21)27)18-4-6-19(25)7-5-18/h4-9,12,15-16H,10-11,13-14H2,1-3H3/t15-,16-/m0/s1. The molecule has 0 N–H and O–H groups in total. The second-order valence-electron chi connectivity index (χ2n) is 7.89. The number of aryl methyl sites for hydroxylation is 1. The molecule has 0 bridgehead atoms. The second-order valence-corrected chi connectivity index (χ2v) is 8.33. The molecule has 2 atom stereocenters. The van der Waals surface area contributed by atoms with Crippen molar-refractivity contribution in [3.8, 4) is 16.9 Å². The van der Waals surface area contributed by atoms with Gasteiger partial charge in [0, 0.05) is 30.7 Å². The summed E-state index contributed by atoms with van der Waals surface area (Å²) >= 11 is 5.97. The van der Waals surface area contributed by atoms with Crippen LogP contribution in [0.5, 0.6) is 5.75 Å². The molecule has 1 aromatic heterocycles.